The average Bonchev–Trinajstić information content (AvgIpc) is 3.30. The van der Waals surface area contributed by atoms with Crippen molar-refractivity contribution in [3.8, 4) is 33.8 Å². The highest BCUT2D eigenvalue weighted by atomic mass is 16.5. The molecule has 8 heteroatoms. The smallest absolute Gasteiger partial charge is 0.167 e. The lowest BCUT2D eigenvalue weighted by molar-refractivity contribution is 0.263. The molecule has 34 heavy (non-hydrogen) atoms. The summed E-state index contributed by atoms with van der Waals surface area (Å²) in [6.45, 7) is 2.11. The fraction of sp³-hybridized carbons (Fsp3) is 0.308. The van der Waals surface area contributed by atoms with E-state index in [9.17, 15) is 0 Å². The Hall–Kier alpha value is -3.78. The minimum Gasteiger partial charge on any atom is -0.493 e. The van der Waals surface area contributed by atoms with Crippen LogP contribution in [0.2, 0.25) is 0 Å². The van der Waals surface area contributed by atoms with Gasteiger partial charge in [-0.3, -0.25) is 0 Å². The summed E-state index contributed by atoms with van der Waals surface area (Å²) in [5, 5.41) is 8.31. The number of rotatable bonds is 6. The number of fused-ring (bicyclic) bond motifs is 1. The second-order valence-corrected chi connectivity index (χ2v) is 8.67. The fourth-order valence-electron chi connectivity index (χ4n) is 4.56. The van der Waals surface area contributed by atoms with Crippen LogP contribution >= 0.6 is 0 Å². The van der Waals surface area contributed by atoms with Crippen LogP contribution in [-0.2, 0) is 0 Å². The molecule has 0 saturated carbocycles. The summed E-state index contributed by atoms with van der Waals surface area (Å²) in [6, 6.07) is 16.3. The average molecular weight is 459 g/mol. The van der Waals surface area contributed by atoms with E-state index in [1.54, 1.807) is 24.9 Å². The highest BCUT2D eigenvalue weighted by Crippen LogP contribution is 2.38. The van der Waals surface area contributed by atoms with Crippen molar-refractivity contribution in [3.05, 3.63) is 54.7 Å². The fourth-order valence-corrected chi connectivity index (χ4v) is 4.56. The second-order valence-electron chi connectivity index (χ2n) is 8.67. The third-order valence-electron chi connectivity index (χ3n) is 6.50. The Morgan fingerprint density at radius 1 is 0.971 bits per heavy atom. The molecule has 0 spiro atoms. The molecule has 0 radical (unpaired) electrons. The van der Waals surface area contributed by atoms with E-state index in [0.717, 1.165) is 54.0 Å². The number of benzene rings is 2. The quantitative estimate of drug-likeness (QED) is 0.448. The molecule has 1 fully saturated rings. The number of nitrogen functional groups attached to an aromatic ring is 1. The number of hydrogen-bond donors (Lipinski definition) is 2. The van der Waals surface area contributed by atoms with Crippen LogP contribution in [0.3, 0.4) is 0 Å². The van der Waals surface area contributed by atoms with Gasteiger partial charge in [0, 0.05) is 11.6 Å². The number of nitrogens with one attached hydrogen (secondary N) is 1. The van der Waals surface area contributed by atoms with Crippen molar-refractivity contribution in [2.24, 2.45) is 0 Å². The number of piperidine rings is 1. The van der Waals surface area contributed by atoms with Gasteiger partial charge in [0.2, 0.25) is 0 Å². The van der Waals surface area contributed by atoms with Gasteiger partial charge >= 0.3 is 0 Å². The van der Waals surface area contributed by atoms with Gasteiger partial charge in [0.25, 0.3) is 0 Å². The maximum atomic E-state index is 6.74. The van der Waals surface area contributed by atoms with E-state index >= 15 is 0 Å². The molecule has 176 valence electrons. The first-order valence-corrected chi connectivity index (χ1v) is 11.5. The van der Waals surface area contributed by atoms with E-state index in [4.69, 9.17) is 20.2 Å². The maximum Gasteiger partial charge on any atom is 0.167 e. The Balaban J connectivity index is 1.65. The largest absolute Gasteiger partial charge is 0.493 e. The molecule has 2 aromatic heterocycles. The van der Waals surface area contributed by atoms with Crippen LogP contribution in [0.4, 0.5) is 11.6 Å². The predicted octanol–water partition coefficient (Wildman–Crippen LogP) is 4.17. The van der Waals surface area contributed by atoms with Gasteiger partial charge in [-0.05, 0) is 56.2 Å². The monoisotopic (exact) mass is 458 g/mol. The lowest BCUT2D eigenvalue weighted by Crippen LogP contribution is -2.37. The Morgan fingerprint density at radius 2 is 1.71 bits per heavy atom. The van der Waals surface area contributed by atoms with Gasteiger partial charge < -0.3 is 25.4 Å². The van der Waals surface area contributed by atoms with Crippen LogP contribution in [0.5, 0.6) is 11.5 Å². The molecule has 4 aromatic rings. The van der Waals surface area contributed by atoms with E-state index in [0.29, 0.717) is 29.0 Å². The molecule has 8 nitrogen and oxygen atoms in total. The molecule has 0 bridgehead atoms. The molecule has 3 N–H and O–H groups in total. The highest BCUT2D eigenvalue weighted by molar-refractivity contribution is 5.89. The van der Waals surface area contributed by atoms with Crippen molar-refractivity contribution in [1.29, 1.82) is 0 Å². The predicted molar refractivity (Wildman–Crippen MR) is 136 cm³/mol. The zero-order chi connectivity index (χ0) is 23.7. The van der Waals surface area contributed by atoms with Gasteiger partial charge in [-0.2, -0.15) is 9.61 Å². The van der Waals surface area contributed by atoms with Crippen molar-refractivity contribution in [2.45, 2.75) is 18.9 Å². The van der Waals surface area contributed by atoms with Crippen LogP contribution in [0.25, 0.3) is 27.9 Å². The van der Waals surface area contributed by atoms with Crippen molar-refractivity contribution >= 4 is 17.3 Å². The minimum atomic E-state index is 0.334. The summed E-state index contributed by atoms with van der Waals surface area (Å²) in [7, 11) is 5.42. The number of anilines is 2. The Kier molecular flexibility index (Phi) is 5.98. The topological polar surface area (TPSA) is 89.9 Å². The molecular formula is C26H30N6O2. The lowest BCUT2D eigenvalue weighted by atomic mass is 10.0. The van der Waals surface area contributed by atoms with Crippen molar-refractivity contribution < 1.29 is 9.47 Å². The Labute approximate surface area is 199 Å². The molecule has 0 atom stereocenters. The van der Waals surface area contributed by atoms with Crippen LogP contribution in [0, 0.1) is 0 Å². The van der Waals surface area contributed by atoms with Crippen molar-refractivity contribution in [3.63, 3.8) is 0 Å². The zero-order valence-corrected chi connectivity index (χ0v) is 19.8. The lowest BCUT2D eigenvalue weighted by Gasteiger charge is -2.30. The first-order chi connectivity index (χ1) is 16.6. The number of nitrogens with two attached hydrogens (primary N) is 1. The molecule has 0 aliphatic carbocycles. The third-order valence-corrected chi connectivity index (χ3v) is 6.50. The molecular weight excluding hydrogens is 428 g/mol. The summed E-state index contributed by atoms with van der Waals surface area (Å²) in [5.74, 6) is 2.66. The van der Waals surface area contributed by atoms with Gasteiger partial charge in [0.15, 0.2) is 17.1 Å². The van der Waals surface area contributed by atoms with E-state index in [-0.39, 0.29) is 0 Å². The van der Waals surface area contributed by atoms with E-state index in [1.165, 1.54) is 0 Å². The van der Waals surface area contributed by atoms with Crippen molar-refractivity contribution in [2.75, 3.05) is 45.4 Å². The molecule has 5 rings (SSSR count). The number of ether oxygens (including phenoxy) is 2. The number of likely N-dealkylation sites (tertiary alicyclic amines) is 1. The zero-order valence-electron chi connectivity index (χ0n) is 19.8. The molecule has 1 saturated heterocycles. The van der Waals surface area contributed by atoms with Gasteiger partial charge in [0.05, 0.1) is 26.0 Å². The number of methoxy groups -OCH3 is 2. The standard InChI is InChI=1S/C26H30N6O2/c1-31-13-11-19(12-14-31)29-25-23(17-7-5-4-6-8-17)24(27)32-26(30-25)20(16-28-32)18-9-10-21(33-2)22(15-18)34-3/h4-10,15-16,19H,11-14,27H2,1-3H3,(H,29,30). The van der Waals surface area contributed by atoms with Gasteiger partial charge in [-0.15, -0.1) is 0 Å². The number of nitrogens with zero attached hydrogens (tertiary/aromatic N) is 4. The number of hydrogen-bond acceptors (Lipinski definition) is 7. The first-order valence-electron chi connectivity index (χ1n) is 11.5. The molecule has 1 aliphatic rings. The van der Waals surface area contributed by atoms with Gasteiger partial charge in [-0.25, -0.2) is 4.98 Å². The molecule has 2 aromatic carbocycles. The molecule has 0 amide bonds. The summed E-state index contributed by atoms with van der Waals surface area (Å²) >= 11 is 0. The van der Waals surface area contributed by atoms with E-state index in [2.05, 4.69) is 34.5 Å². The van der Waals surface area contributed by atoms with Crippen LogP contribution in [-0.4, -0.2) is 59.9 Å². The Morgan fingerprint density at radius 3 is 2.41 bits per heavy atom. The summed E-state index contributed by atoms with van der Waals surface area (Å²) in [4.78, 5) is 7.44. The Bertz CT molecular complexity index is 1300. The van der Waals surface area contributed by atoms with Crippen LogP contribution in [0.15, 0.2) is 54.7 Å². The number of aromatic nitrogens is 3. The maximum absolute atomic E-state index is 6.74. The normalized spacial score (nSPS) is 14.9. The molecule has 1 aliphatic heterocycles. The van der Waals surface area contributed by atoms with Crippen molar-refractivity contribution in [1.82, 2.24) is 19.5 Å². The van der Waals surface area contributed by atoms with Gasteiger partial charge in [-0.1, -0.05) is 36.4 Å². The first kappa shape index (κ1) is 22.0. The minimum absolute atomic E-state index is 0.334. The van der Waals surface area contributed by atoms with E-state index in [1.807, 2.05) is 36.4 Å². The van der Waals surface area contributed by atoms with E-state index < -0.39 is 0 Å². The third kappa shape index (κ3) is 4.01. The second kappa shape index (κ2) is 9.23. The SMILES string of the molecule is COc1ccc(-c2cnn3c(N)c(-c4ccccc4)c(NC4CCN(C)CC4)nc23)cc1OC. The molecule has 0 unspecified atom stereocenters. The van der Waals surface area contributed by atoms with Gasteiger partial charge in [0.1, 0.15) is 11.6 Å². The highest BCUT2D eigenvalue weighted by Gasteiger charge is 2.23. The van der Waals surface area contributed by atoms with Crippen LogP contribution < -0.4 is 20.5 Å². The molecule has 3 heterocycles. The van der Waals surface area contributed by atoms with Crippen LogP contribution in [0.1, 0.15) is 12.8 Å². The summed E-state index contributed by atoms with van der Waals surface area (Å²) in [5.41, 5.74) is 11.1. The summed E-state index contributed by atoms with van der Waals surface area (Å²) < 4.78 is 12.6. The summed E-state index contributed by atoms with van der Waals surface area (Å²) in [6.07, 6.45) is 3.91.